The zero-order valence-electron chi connectivity index (χ0n) is 22.3. The summed E-state index contributed by atoms with van der Waals surface area (Å²) in [5.41, 5.74) is 0.832. The number of carbonyl (C=O) groups is 2. The van der Waals surface area contributed by atoms with E-state index in [1.165, 1.54) is 33.2 Å². The SMILES string of the molecule is CNC(=O)OCCC(C)(C)Cc1cc(S(=O)(=O)N(Cc2ccccc2)[C@H](NC(=O)O)[C@@H](C)O)ccc1OC. The normalized spacial score (nSPS) is 13.4. The van der Waals surface area contributed by atoms with Crippen LogP contribution in [0.1, 0.15) is 38.3 Å². The number of nitrogens with one attached hydrogen (secondary N) is 2. The summed E-state index contributed by atoms with van der Waals surface area (Å²) in [5, 5.41) is 24.2. The number of nitrogens with zero attached hydrogens (tertiary/aromatic N) is 1. The Morgan fingerprint density at radius 3 is 2.34 bits per heavy atom. The lowest BCUT2D eigenvalue weighted by Gasteiger charge is -2.33. The predicted octanol–water partition coefficient (Wildman–Crippen LogP) is 3.18. The molecule has 210 valence electrons. The Hall–Kier alpha value is -3.35. The first-order chi connectivity index (χ1) is 17.8. The van der Waals surface area contributed by atoms with Crippen LogP contribution in [0.15, 0.2) is 53.4 Å². The Morgan fingerprint density at radius 1 is 1.13 bits per heavy atom. The van der Waals surface area contributed by atoms with Crippen molar-refractivity contribution in [2.45, 2.75) is 57.3 Å². The number of ether oxygens (including phenoxy) is 2. The number of amides is 2. The molecule has 12 heteroatoms. The van der Waals surface area contributed by atoms with Gasteiger partial charge in [0.1, 0.15) is 11.9 Å². The van der Waals surface area contributed by atoms with Crippen molar-refractivity contribution in [3.8, 4) is 5.75 Å². The van der Waals surface area contributed by atoms with Gasteiger partial charge in [-0.2, -0.15) is 4.31 Å². The maximum Gasteiger partial charge on any atom is 0.406 e. The fourth-order valence-corrected chi connectivity index (χ4v) is 5.59. The molecule has 0 heterocycles. The van der Waals surface area contributed by atoms with Crippen LogP contribution in [0, 0.1) is 5.41 Å². The van der Waals surface area contributed by atoms with Crippen molar-refractivity contribution in [3.63, 3.8) is 0 Å². The van der Waals surface area contributed by atoms with Crippen molar-refractivity contribution in [2.24, 2.45) is 5.41 Å². The van der Waals surface area contributed by atoms with Crippen LogP contribution in [0.4, 0.5) is 9.59 Å². The summed E-state index contributed by atoms with van der Waals surface area (Å²) in [6, 6.07) is 13.1. The van der Waals surface area contributed by atoms with E-state index in [4.69, 9.17) is 9.47 Å². The monoisotopic (exact) mass is 551 g/mol. The molecule has 38 heavy (non-hydrogen) atoms. The molecule has 2 atom stereocenters. The van der Waals surface area contributed by atoms with Gasteiger partial charge in [-0.1, -0.05) is 44.2 Å². The van der Waals surface area contributed by atoms with E-state index in [-0.39, 0.29) is 23.5 Å². The summed E-state index contributed by atoms with van der Waals surface area (Å²) in [5.74, 6) is 0.481. The van der Waals surface area contributed by atoms with Gasteiger partial charge in [0.25, 0.3) is 0 Å². The van der Waals surface area contributed by atoms with Crippen LogP contribution in [0.3, 0.4) is 0 Å². The summed E-state index contributed by atoms with van der Waals surface area (Å²) in [7, 11) is -1.35. The van der Waals surface area contributed by atoms with Crippen LogP contribution in [-0.4, -0.2) is 68.2 Å². The van der Waals surface area contributed by atoms with E-state index >= 15 is 0 Å². The Bertz CT molecular complexity index is 1190. The van der Waals surface area contributed by atoms with E-state index in [1.54, 1.807) is 36.4 Å². The largest absolute Gasteiger partial charge is 0.496 e. The first-order valence-electron chi connectivity index (χ1n) is 12.1. The summed E-state index contributed by atoms with van der Waals surface area (Å²) in [6.45, 7) is 5.24. The fraction of sp³-hybridized carbons (Fsp3) is 0.462. The van der Waals surface area contributed by atoms with Crippen LogP contribution in [0.5, 0.6) is 5.75 Å². The molecule has 0 unspecified atom stereocenters. The molecule has 0 bridgehead atoms. The number of rotatable bonds is 13. The van der Waals surface area contributed by atoms with Crippen molar-refractivity contribution in [1.82, 2.24) is 14.9 Å². The molecule has 2 amide bonds. The second-order valence-corrected chi connectivity index (χ2v) is 11.5. The second kappa shape index (κ2) is 13.4. The van der Waals surface area contributed by atoms with Crippen molar-refractivity contribution in [2.75, 3.05) is 20.8 Å². The van der Waals surface area contributed by atoms with E-state index in [0.717, 1.165) is 4.31 Å². The minimum atomic E-state index is -4.31. The number of hydrogen-bond acceptors (Lipinski definition) is 7. The highest BCUT2D eigenvalue weighted by Crippen LogP contribution is 2.33. The smallest absolute Gasteiger partial charge is 0.406 e. The number of methoxy groups -OCH3 is 1. The van der Waals surface area contributed by atoms with Gasteiger partial charge in [0, 0.05) is 13.6 Å². The van der Waals surface area contributed by atoms with Crippen LogP contribution < -0.4 is 15.4 Å². The molecule has 11 nitrogen and oxygen atoms in total. The van der Waals surface area contributed by atoms with Crippen molar-refractivity contribution >= 4 is 22.2 Å². The van der Waals surface area contributed by atoms with Gasteiger partial charge in [-0.05, 0) is 54.5 Å². The molecule has 2 aromatic rings. The summed E-state index contributed by atoms with van der Waals surface area (Å²) >= 11 is 0. The lowest BCUT2D eigenvalue weighted by molar-refractivity contribution is 0.0785. The highest BCUT2D eigenvalue weighted by atomic mass is 32.2. The fourth-order valence-electron chi connectivity index (χ4n) is 3.94. The van der Waals surface area contributed by atoms with Crippen molar-refractivity contribution in [3.05, 3.63) is 59.7 Å². The van der Waals surface area contributed by atoms with Crippen LogP contribution >= 0.6 is 0 Å². The Kier molecular flexibility index (Phi) is 10.9. The van der Waals surface area contributed by atoms with E-state index in [2.05, 4.69) is 10.6 Å². The molecule has 0 fully saturated rings. The van der Waals surface area contributed by atoms with Gasteiger partial charge in [-0.15, -0.1) is 0 Å². The van der Waals surface area contributed by atoms with Crippen LogP contribution in [-0.2, 0) is 27.7 Å². The van der Waals surface area contributed by atoms with Gasteiger partial charge in [-0.25, -0.2) is 18.0 Å². The Morgan fingerprint density at radius 2 is 1.79 bits per heavy atom. The minimum absolute atomic E-state index is 0.0838. The molecule has 0 saturated carbocycles. The molecular weight excluding hydrogens is 514 g/mol. The molecule has 0 aliphatic carbocycles. The standard InChI is InChI=1S/C26H37N3O8S/c1-18(30)23(28-24(31)32)29(17-19-9-7-6-8-10-19)38(34,35)21-11-12-22(36-5)20(15-21)16-26(2,3)13-14-37-25(33)27-4/h6-12,15,18,23,28,30H,13-14,16-17H2,1-5H3,(H,27,33)(H,31,32)/t18-,23+/m1/s1. The molecule has 0 saturated heterocycles. The third kappa shape index (κ3) is 8.61. The van der Waals surface area contributed by atoms with Crippen LogP contribution in [0.25, 0.3) is 0 Å². The number of alkyl carbamates (subject to hydrolysis) is 1. The molecule has 0 spiro atoms. The van der Waals surface area contributed by atoms with Gasteiger partial charge in [0.2, 0.25) is 10.0 Å². The first-order valence-corrected chi connectivity index (χ1v) is 13.5. The molecule has 0 aromatic heterocycles. The number of aliphatic hydroxyl groups is 1. The molecule has 0 aliphatic rings. The molecule has 2 aromatic carbocycles. The van der Waals surface area contributed by atoms with E-state index in [1.807, 2.05) is 13.8 Å². The van der Waals surface area contributed by atoms with E-state index < -0.39 is 34.5 Å². The number of benzene rings is 2. The first kappa shape index (κ1) is 30.9. The van der Waals surface area contributed by atoms with Crippen molar-refractivity contribution in [1.29, 1.82) is 0 Å². The number of hydrogen-bond donors (Lipinski definition) is 4. The molecule has 2 rings (SSSR count). The summed E-state index contributed by atoms with van der Waals surface area (Å²) < 4.78 is 39.4. The third-order valence-electron chi connectivity index (χ3n) is 5.96. The van der Waals surface area contributed by atoms with E-state index in [9.17, 15) is 28.2 Å². The molecule has 0 aliphatic heterocycles. The zero-order chi connectivity index (χ0) is 28.5. The van der Waals surface area contributed by atoms with Gasteiger partial charge in [0.15, 0.2) is 0 Å². The zero-order valence-corrected chi connectivity index (χ0v) is 23.1. The van der Waals surface area contributed by atoms with Gasteiger partial charge >= 0.3 is 12.2 Å². The molecule has 4 N–H and O–H groups in total. The lowest BCUT2D eigenvalue weighted by atomic mass is 9.82. The highest BCUT2D eigenvalue weighted by Gasteiger charge is 2.36. The second-order valence-electron chi connectivity index (χ2n) is 9.62. The third-order valence-corrected chi connectivity index (χ3v) is 7.79. The maximum atomic E-state index is 13.9. The Labute approximate surface area is 223 Å². The summed E-state index contributed by atoms with van der Waals surface area (Å²) in [6.07, 6.45) is -3.88. The molecular formula is C26H37N3O8S. The number of carboxylic acid groups (broad SMARTS) is 1. The Balaban J connectivity index is 2.48. The van der Waals surface area contributed by atoms with Gasteiger partial charge < -0.3 is 30.3 Å². The average Bonchev–Trinajstić information content (AvgIpc) is 2.85. The lowest BCUT2D eigenvalue weighted by Crippen LogP contribution is -2.55. The number of carbonyl (C=O) groups excluding carboxylic acids is 1. The van der Waals surface area contributed by atoms with Gasteiger partial charge in [0.05, 0.1) is 24.7 Å². The number of aliphatic hydroxyl groups excluding tert-OH is 1. The van der Waals surface area contributed by atoms with Crippen LogP contribution in [0.2, 0.25) is 0 Å². The highest BCUT2D eigenvalue weighted by molar-refractivity contribution is 7.89. The maximum absolute atomic E-state index is 13.9. The number of sulfonamides is 1. The quantitative estimate of drug-likeness (QED) is 0.277. The average molecular weight is 552 g/mol. The molecule has 0 radical (unpaired) electrons. The summed E-state index contributed by atoms with van der Waals surface area (Å²) in [4.78, 5) is 22.8. The van der Waals surface area contributed by atoms with E-state index in [0.29, 0.717) is 29.7 Å². The predicted molar refractivity (Wildman–Crippen MR) is 141 cm³/mol. The minimum Gasteiger partial charge on any atom is -0.496 e. The van der Waals surface area contributed by atoms with Crippen molar-refractivity contribution < 1.29 is 37.7 Å². The van der Waals surface area contributed by atoms with Gasteiger partial charge in [-0.3, -0.25) is 0 Å². The topological polar surface area (TPSA) is 154 Å².